The molecule has 0 bridgehead atoms. The van der Waals surface area contributed by atoms with Crippen LogP contribution in [0, 0.1) is 17.3 Å². The maximum absolute atomic E-state index is 13.4. The summed E-state index contributed by atoms with van der Waals surface area (Å²) < 4.78 is 5.66. The molecule has 4 rings (SSSR count). The number of carbonyl (C=O) groups is 3. The van der Waals surface area contributed by atoms with Gasteiger partial charge in [-0.05, 0) is 41.0 Å². The average molecular weight is 479 g/mol. The number of carbonyl (C=O) groups excluding carboxylic acids is 2. The van der Waals surface area contributed by atoms with Gasteiger partial charge in [-0.15, -0.1) is 0 Å². The lowest BCUT2D eigenvalue weighted by Gasteiger charge is -2.29. The van der Waals surface area contributed by atoms with E-state index in [0.29, 0.717) is 13.0 Å². The van der Waals surface area contributed by atoms with Gasteiger partial charge in [-0.3, -0.25) is 9.59 Å². The van der Waals surface area contributed by atoms with Crippen LogP contribution < -0.4 is 5.32 Å². The average Bonchev–Trinajstić information content (AvgIpc) is 3.35. The van der Waals surface area contributed by atoms with Crippen LogP contribution in [-0.4, -0.2) is 53.7 Å². The second kappa shape index (κ2) is 9.72. The van der Waals surface area contributed by atoms with Crippen LogP contribution in [0.15, 0.2) is 48.5 Å². The van der Waals surface area contributed by atoms with Crippen molar-refractivity contribution in [1.29, 1.82) is 0 Å². The van der Waals surface area contributed by atoms with Crippen molar-refractivity contribution in [1.82, 2.24) is 10.2 Å². The van der Waals surface area contributed by atoms with Gasteiger partial charge in [-0.25, -0.2) is 4.79 Å². The summed E-state index contributed by atoms with van der Waals surface area (Å²) in [7, 11) is 0. The molecule has 1 aliphatic carbocycles. The molecule has 2 N–H and O–H groups in total. The Kier molecular flexibility index (Phi) is 6.88. The van der Waals surface area contributed by atoms with E-state index in [4.69, 9.17) is 4.74 Å². The van der Waals surface area contributed by atoms with E-state index in [2.05, 4.69) is 29.6 Å². The van der Waals surface area contributed by atoms with Crippen LogP contribution in [-0.2, 0) is 14.3 Å². The minimum atomic E-state index is -1.00. The van der Waals surface area contributed by atoms with Gasteiger partial charge in [0.25, 0.3) is 0 Å². The lowest BCUT2D eigenvalue weighted by Crippen LogP contribution is -2.52. The normalized spacial score (nSPS) is 22.7. The van der Waals surface area contributed by atoms with Gasteiger partial charge < -0.3 is 20.1 Å². The largest absolute Gasteiger partial charge is 0.481 e. The molecule has 186 valence electrons. The summed E-state index contributed by atoms with van der Waals surface area (Å²) in [4.78, 5) is 39.6. The predicted octanol–water partition coefficient (Wildman–Crippen LogP) is 4.51. The Bertz CT molecular complexity index is 1090. The molecular weight excluding hydrogens is 444 g/mol. The first-order chi connectivity index (χ1) is 16.7. The first-order valence-electron chi connectivity index (χ1n) is 12.3. The second-order valence-corrected chi connectivity index (χ2v) is 10.2. The van der Waals surface area contributed by atoms with Crippen molar-refractivity contribution in [2.75, 3.05) is 19.7 Å². The number of hydrogen-bond acceptors (Lipinski definition) is 4. The lowest BCUT2D eigenvalue weighted by atomic mass is 9.81. The molecule has 1 heterocycles. The highest BCUT2D eigenvalue weighted by molar-refractivity contribution is 5.87. The standard InChI is InChI=1S/C28H34N2O5/c1-5-17(2)24(25(31)30-14-18(3)28(4,16-30)26(32)33)29-27(34)35-15-23-21-12-8-6-10-19(21)20-11-7-9-13-22(20)23/h6-13,17-18,23-24H,5,14-16H2,1-4H3,(H,29,34)(H,32,33)/t17?,18-,24-,28-/m0/s1. The van der Waals surface area contributed by atoms with Gasteiger partial charge in [0.1, 0.15) is 12.6 Å². The number of amides is 2. The van der Waals surface area contributed by atoms with Gasteiger partial charge in [0.2, 0.25) is 5.91 Å². The van der Waals surface area contributed by atoms with Gasteiger partial charge >= 0.3 is 12.1 Å². The van der Waals surface area contributed by atoms with E-state index in [1.165, 1.54) is 0 Å². The third kappa shape index (κ3) is 4.51. The van der Waals surface area contributed by atoms with Crippen LogP contribution in [0.1, 0.15) is 51.2 Å². The van der Waals surface area contributed by atoms with Crippen LogP contribution in [0.5, 0.6) is 0 Å². The SMILES string of the molecule is CCC(C)[C@H](NC(=O)OCC1c2ccccc2-c2ccccc21)C(=O)N1C[C@H](C)[C@@](C)(C(=O)O)C1. The van der Waals surface area contributed by atoms with Crippen molar-refractivity contribution >= 4 is 18.0 Å². The highest BCUT2D eigenvalue weighted by Crippen LogP contribution is 2.44. The third-order valence-electron chi connectivity index (χ3n) is 8.00. The number of rotatable bonds is 7. The Hall–Kier alpha value is -3.35. The molecule has 2 aromatic carbocycles. The Morgan fingerprint density at radius 2 is 1.69 bits per heavy atom. The molecule has 1 aliphatic heterocycles. The molecular formula is C28H34N2O5. The van der Waals surface area contributed by atoms with Crippen molar-refractivity contribution in [3.05, 3.63) is 59.7 Å². The minimum Gasteiger partial charge on any atom is -0.481 e. The van der Waals surface area contributed by atoms with Crippen LogP contribution in [0.3, 0.4) is 0 Å². The summed E-state index contributed by atoms with van der Waals surface area (Å²) in [5.74, 6) is -1.55. The van der Waals surface area contributed by atoms with E-state index in [-0.39, 0.29) is 36.8 Å². The second-order valence-electron chi connectivity index (χ2n) is 10.2. The molecule has 1 fully saturated rings. The van der Waals surface area contributed by atoms with Gasteiger partial charge in [0.05, 0.1) is 5.41 Å². The van der Waals surface area contributed by atoms with Gasteiger partial charge in [0.15, 0.2) is 0 Å². The van der Waals surface area contributed by atoms with Crippen molar-refractivity contribution < 1.29 is 24.2 Å². The zero-order valence-corrected chi connectivity index (χ0v) is 20.8. The van der Waals surface area contributed by atoms with Crippen molar-refractivity contribution in [2.45, 2.75) is 46.1 Å². The number of ether oxygens (including phenoxy) is 1. The monoisotopic (exact) mass is 478 g/mol. The molecule has 2 aromatic rings. The molecule has 4 atom stereocenters. The maximum Gasteiger partial charge on any atom is 0.407 e. The maximum atomic E-state index is 13.4. The van der Waals surface area contributed by atoms with Crippen LogP contribution in [0.25, 0.3) is 11.1 Å². The first kappa shape index (κ1) is 24.8. The molecule has 0 spiro atoms. The van der Waals surface area contributed by atoms with Gasteiger partial charge in [0, 0.05) is 19.0 Å². The summed E-state index contributed by atoms with van der Waals surface area (Å²) >= 11 is 0. The van der Waals surface area contributed by atoms with Crippen molar-refractivity contribution in [3.63, 3.8) is 0 Å². The zero-order chi connectivity index (χ0) is 25.3. The van der Waals surface area contributed by atoms with E-state index in [0.717, 1.165) is 22.3 Å². The fraction of sp³-hybridized carbons (Fsp3) is 0.464. The molecule has 0 radical (unpaired) electrons. The Morgan fingerprint density at radius 1 is 1.11 bits per heavy atom. The first-order valence-corrected chi connectivity index (χ1v) is 12.3. The van der Waals surface area contributed by atoms with E-state index in [1.54, 1.807) is 11.8 Å². The van der Waals surface area contributed by atoms with Gasteiger partial charge in [-0.1, -0.05) is 75.7 Å². The lowest BCUT2D eigenvalue weighted by molar-refractivity contribution is -0.149. The fourth-order valence-corrected chi connectivity index (χ4v) is 5.24. The molecule has 0 aromatic heterocycles. The molecule has 1 unspecified atom stereocenters. The zero-order valence-electron chi connectivity index (χ0n) is 20.8. The molecule has 2 aliphatic rings. The number of aliphatic carboxylic acids is 1. The van der Waals surface area contributed by atoms with E-state index >= 15 is 0 Å². The van der Waals surface area contributed by atoms with Crippen molar-refractivity contribution in [2.24, 2.45) is 17.3 Å². The summed E-state index contributed by atoms with van der Waals surface area (Å²) in [6, 6.07) is 15.5. The number of hydrogen-bond donors (Lipinski definition) is 2. The van der Waals surface area contributed by atoms with Crippen LogP contribution >= 0.6 is 0 Å². The van der Waals surface area contributed by atoms with E-state index in [9.17, 15) is 19.5 Å². The molecule has 7 heteroatoms. The molecule has 35 heavy (non-hydrogen) atoms. The molecule has 2 amide bonds. The Morgan fingerprint density at radius 3 is 2.20 bits per heavy atom. The number of alkyl carbamates (subject to hydrolysis) is 1. The quantitative estimate of drug-likeness (QED) is 0.611. The molecule has 7 nitrogen and oxygen atoms in total. The van der Waals surface area contributed by atoms with Gasteiger partial charge in [-0.2, -0.15) is 0 Å². The topological polar surface area (TPSA) is 95.9 Å². The smallest absolute Gasteiger partial charge is 0.407 e. The summed E-state index contributed by atoms with van der Waals surface area (Å²) in [6.45, 7) is 8.02. The Labute approximate surface area is 206 Å². The highest BCUT2D eigenvalue weighted by Gasteiger charge is 2.49. The number of likely N-dealkylation sites (tertiary alicyclic amines) is 1. The fourth-order valence-electron chi connectivity index (χ4n) is 5.24. The van der Waals surface area contributed by atoms with Crippen LogP contribution in [0.4, 0.5) is 4.79 Å². The summed E-state index contributed by atoms with van der Waals surface area (Å²) in [6.07, 6.45) is 0.0402. The number of fused-ring (bicyclic) bond motifs is 3. The predicted molar refractivity (Wildman–Crippen MR) is 133 cm³/mol. The highest BCUT2D eigenvalue weighted by atomic mass is 16.5. The molecule has 0 saturated carbocycles. The third-order valence-corrected chi connectivity index (χ3v) is 8.00. The van der Waals surface area contributed by atoms with E-state index < -0.39 is 23.5 Å². The number of benzene rings is 2. The molecule has 1 saturated heterocycles. The van der Waals surface area contributed by atoms with E-state index in [1.807, 2.05) is 45.0 Å². The van der Waals surface area contributed by atoms with Crippen molar-refractivity contribution in [3.8, 4) is 11.1 Å². The number of carboxylic acid groups (broad SMARTS) is 1. The summed E-state index contributed by atoms with van der Waals surface area (Å²) in [5, 5.41) is 12.5. The number of nitrogens with zero attached hydrogens (tertiary/aromatic N) is 1. The van der Waals surface area contributed by atoms with Crippen LogP contribution in [0.2, 0.25) is 0 Å². The summed E-state index contributed by atoms with van der Waals surface area (Å²) in [5.41, 5.74) is 3.54. The Balaban J connectivity index is 1.45. The minimum absolute atomic E-state index is 0.0680. The number of nitrogens with one attached hydrogen (secondary N) is 1. The number of carboxylic acids is 1.